The molecule has 2 rings (SSSR count). The molecule has 1 aliphatic heterocycles. The number of hydrogen-bond acceptors (Lipinski definition) is 3. The molecule has 1 amide bonds. The zero-order valence-electron chi connectivity index (χ0n) is 13.9. The van der Waals surface area contributed by atoms with Gasteiger partial charge in [0.2, 0.25) is 0 Å². The van der Waals surface area contributed by atoms with Gasteiger partial charge in [0.1, 0.15) is 0 Å². The summed E-state index contributed by atoms with van der Waals surface area (Å²) in [7, 11) is 0. The van der Waals surface area contributed by atoms with Crippen LogP contribution in [0.15, 0.2) is 6.07 Å². The largest absolute Gasteiger partial charge is 0.333 e. The average Bonchev–Trinajstić information content (AvgIpc) is 3.03. The van der Waals surface area contributed by atoms with Crippen LogP contribution in [-0.4, -0.2) is 46.3 Å². The van der Waals surface area contributed by atoms with E-state index in [1.165, 1.54) is 0 Å². The maximum absolute atomic E-state index is 12.8. The SMILES string of the molecule is CCCN(C(=O)c1cc(C)n(C(C)(C)C)n1)[C@H]1CCNC1. The van der Waals surface area contributed by atoms with Gasteiger partial charge in [-0.05, 0) is 53.1 Å². The molecule has 118 valence electrons. The quantitative estimate of drug-likeness (QED) is 0.925. The molecular weight excluding hydrogens is 264 g/mol. The third-order valence-corrected chi connectivity index (χ3v) is 3.94. The second-order valence-electron chi connectivity index (χ2n) is 6.90. The van der Waals surface area contributed by atoms with Crippen LogP contribution in [0.2, 0.25) is 0 Å². The van der Waals surface area contributed by atoms with E-state index in [1.54, 1.807) is 0 Å². The van der Waals surface area contributed by atoms with Crippen molar-refractivity contribution in [2.45, 2.75) is 59.0 Å². The van der Waals surface area contributed by atoms with Crippen molar-refractivity contribution < 1.29 is 4.79 Å². The Hall–Kier alpha value is -1.36. The van der Waals surface area contributed by atoms with Crippen LogP contribution in [0.3, 0.4) is 0 Å². The molecule has 5 nitrogen and oxygen atoms in total. The molecule has 2 heterocycles. The second kappa shape index (κ2) is 6.18. The van der Waals surface area contributed by atoms with E-state index in [4.69, 9.17) is 0 Å². The highest BCUT2D eigenvalue weighted by atomic mass is 16.2. The van der Waals surface area contributed by atoms with Gasteiger partial charge < -0.3 is 10.2 Å². The van der Waals surface area contributed by atoms with Crippen LogP contribution >= 0.6 is 0 Å². The third-order valence-electron chi connectivity index (χ3n) is 3.94. The first kappa shape index (κ1) is 16.0. The molecule has 5 heteroatoms. The number of rotatable bonds is 4. The average molecular weight is 292 g/mol. The van der Waals surface area contributed by atoms with E-state index in [1.807, 2.05) is 22.6 Å². The standard InChI is InChI=1S/C16H28N4O/c1-6-9-19(13-7-8-17-11-13)15(21)14-10-12(2)20(18-14)16(3,4)5/h10,13,17H,6-9,11H2,1-5H3/t13-/m0/s1. The zero-order valence-corrected chi connectivity index (χ0v) is 13.9. The summed E-state index contributed by atoms with van der Waals surface area (Å²) in [4.78, 5) is 14.8. The predicted octanol–water partition coefficient (Wildman–Crippen LogP) is 2.16. The van der Waals surface area contributed by atoms with Crippen molar-refractivity contribution in [1.82, 2.24) is 20.0 Å². The molecule has 1 aromatic heterocycles. The summed E-state index contributed by atoms with van der Waals surface area (Å²) < 4.78 is 1.94. The van der Waals surface area contributed by atoms with Crippen molar-refractivity contribution in [2.75, 3.05) is 19.6 Å². The van der Waals surface area contributed by atoms with E-state index < -0.39 is 0 Å². The fourth-order valence-electron chi connectivity index (χ4n) is 3.00. The maximum atomic E-state index is 12.8. The molecule has 0 spiro atoms. The highest BCUT2D eigenvalue weighted by Gasteiger charge is 2.29. The topological polar surface area (TPSA) is 50.2 Å². The molecule has 1 atom stereocenters. The minimum atomic E-state index is -0.104. The van der Waals surface area contributed by atoms with Gasteiger partial charge in [0, 0.05) is 24.8 Å². The van der Waals surface area contributed by atoms with Gasteiger partial charge in [0.15, 0.2) is 5.69 Å². The molecule has 0 radical (unpaired) electrons. The van der Waals surface area contributed by atoms with Crippen LogP contribution in [0.5, 0.6) is 0 Å². The lowest BCUT2D eigenvalue weighted by molar-refractivity contribution is 0.0684. The first-order valence-corrected chi connectivity index (χ1v) is 7.93. The van der Waals surface area contributed by atoms with Crippen molar-refractivity contribution in [1.29, 1.82) is 0 Å². The van der Waals surface area contributed by atoms with Crippen LogP contribution < -0.4 is 5.32 Å². The van der Waals surface area contributed by atoms with E-state index in [9.17, 15) is 4.79 Å². The Balaban J connectivity index is 2.24. The Morgan fingerprint density at radius 3 is 2.71 bits per heavy atom. The molecule has 0 saturated carbocycles. The Morgan fingerprint density at radius 2 is 2.24 bits per heavy atom. The molecule has 21 heavy (non-hydrogen) atoms. The zero-order chi connectivity index (χ0) is 15.6. The Labute approximate surface area is 127 Å². The lowest BCUT2D eigenvalue weighted by atomic mass is 10.1. The molecule has 0 bridgehead atoms. The summed E-state index contributed by atoms with van der Waals surface area (Å²) in [6.07, 6.45) is 2.01. The van der Waals surface area contributed by atoms with Crippen molar-refractivity contribution in [3.8, 4) is 0 Å². The van der Waals surface area contributed by atoms with Crippen molar-refractivity contribution in [2.24, 2.45) is 0 Å². The van der Waals surface area contributed by atoms with Gasteiger partial charge in [-0.3, -0.25) is 9.48 Å². The van der Waals surface area contributed by atoms with Gasteiger partial charge in [-0.15, -0.1) is 0 Å². The molecule has 1 fully saturated rings. The van der Waals surface area contributed by atoms with Crippen LogP contribution in [0.4, 0.5) is 0 Å². The molecule has 1 saturated heterocycles. The Kier molecular flexibility index (Phi) is 4.71. The molecule has 0 unspecified atom stereocenters. The summed E-state index contributed by atoms with van der Waals surface area (Å²) in [5.41, 5.74) is 1.50. The third kappa shape index (κ3) is 3.46. The smallest absolute Gasteiger partial charge is 0.274 e. The highest BCUT2D eigenvalue weighted by molar-refractivity contribution is 5.92. The highest BCUT2D eigenvalue weighted by Crippen LogP contribution is 2.19. The minimum Gasteiger partial charge on any atom is -0.333 e. The van der Waals surface area contributed by atoms with E-state index in [0.29, 0.717) is 11.7 Å². The number of aromatic nitrogens is 2. The van der Waals surface area contributed by atoms with Crippen LogP contribution in [0, 0.1) is 6.92 Å². The van der Waals surface area contributed by atoms with E-state index >= 15 is 0 Å². The van der Waals surface area contributed by atoms with Gasteiger partial charge in [-0.1, -0.05) is 6.92 Å². The summed E-state index contributed by atoms with van der Waals surface area (Å²) in [6, 6.07) is 2.22. The number of carbonyl (C=O) groups is 1. The van der Waals surface area contributed by atoms with Crippen molar-refractivity contribution >= 4 is 5.91 Å². The lowest BCUT2D eigenvalue weighted by Crippen LogP contribution is -2.42. The minimum absolute atomic E-state index is 0.0663. The number of amides is 1. The number of nitrogens with one attached hydrogen (secondary N) is 1. The monoisotopic (exact) mass is 292 g/mol. The summed E-state index contributed by atoms with van der Waals surface area (Å²) >= 11 is 0. The molecular formula is C16H28N4O. The molecule has 0 aliphatic carbocycles. The number of aryl methyl sites for hydroxylation is 1. The molecule has 1 aromatic rings. The maximum Gasteiger partial charge on any atom is 0.274 e. The fourth-order valence-corrected chi connectivity index (χ4v) is 3.00. The summed E-state index contributed by atoms with van der Waals surface area (Å²) in [6.45, 7) is 13.1. The first-order chi connectivity index (χ1) is 9.84. The fraction of sp³-hybridized carbons (Fsp3) is 0.750. The van der Waals surface area contributed by atoms with Gasteiger partial charge in [0.05, 0.1) is 5.54 Å². The van der Waals surface area contributed by atoms with Crippen LogP contribution in [0.1, 0.15) is 56.7 Å². The van der Waals surface area contributed by atoms with Gasteiger partial charge in [-0.2, -0.15) is 5.10 Å². The van der Waals surface area contributed by atoms with E-state index in [0.717, 1.165) is 38.2 Å². The number of hydrogen-bond donors (Lipinski definition) is 1. The molecule has 1 N–H and O–H groups in total. The Morgan fingerprint density at radius 1 is 1.52 bits per heavy atom. The van der Waals surface area contributed by atoms with Gasteiger partial charge in [-0.25, -0.2) is 0 Å². The second-order valence-corrected chi connectivity index (χ2v) is 6.90. The normalized spacial score (nSPS) is 19.0. The van der Waals surface area contributed by atoms with Gasteiger partial charge >= 0.3 is 0 Å². The summed E-state index contributed by atoms with van der Waals surface area (Å²) in [5, 5.41) is 7.90. The van der Waals surface area contributed by atoms with Crippen LogP contribution in [0.25, 0.3) is 0 Å². The lowest BCUT2D eigenvalue weighted by Gasteiger charge is -2.27. The number of carbonyl (C=O) groups excluding carboxylic acids is 1. The first-order valence-electron chi connectivity index (χ1n) is 7.93. The van der Waals surface area contributed by atoms with Crippen LogP contribution in [-0.2, 0) is 5.54 Å². The van der Waals surface area contributed by atoms with E-state index in [2.05, 4.69) is 38.1 Å². The van der Waals surface area contributed by atoms with Gasteiger partial charge in [0.25, 0.3) is 5.91 Å². The Bertz CT molecular complexity index is 495. The number of nitrogens with zero attached hydrogens (tertiary/aromatic N) is 3. The molecule has 0 aromatic carbocycles. The predicted molar refractivity (Wildman–Crippen MR) is 84.6 cm³/mol. The van der Waals surface area contributed by atoms with Crippen molar-refractivity contribution in [3.05, 3.63) is 17.5 Å². The summed E-state index contributed by atoms with van der Waals surface area (Å²) in [5.74, 6) is 0.0663. The van der Waals surface area contributed by atoms with E-state index in [-0.39, 0.29) is 11.4 Å². The van der Waals surface area contributed by atoms with Crippen molar-refractivity contribution in [3.63, 3.8) is 0 Å². The molecule has 1 aliphatic rings.